The number of benzene rings is 3. The molecule has 8 heteroatoms. The smallest absolute Gasteiger partial charge is 0.330 e. The summed E-state index contributed by atoms with van der Waals surface area (Å²) < 4.78 is 21.4. The van der Waals surface area contributed by atoms with Crippen LogP contribution in [0.15, 0.2) is 128 Å². The predicted octanol–water partition coefficient (Wildman–Crippen LogP) is 5.24. The van der Waals surface area contributed by atoms with E-state index in [9.17, 15) is 19.8 Å². The fraction of sp³-hybridized carbons (Fsp3) is 0.243. The van der Waals surface area contributed by atoms with E-state index in [2.05, 4.69) is 43.5 Å². The third kappa shape index (κ3) is 8.59. The van der Waals surface area contributed by atoms with Gasteiger partial charge in [-0.3, -0.25) is 0 Å². The van der Waals surface area contributed by atoms with Gasteiger partial charge in [0.1, 0.15) is 50.1 Å². The van der Waals surface area contributed by atoms with Crippen LogP contribution in [0.3, 0.4) is 0 Å². The Kier molecular flexibility index (Phi) is 11.9. The molecule has 0 fully saturated rings. The van der Waals surface area contributed by atoms with Gasteiger partial charge in [0.2, 0.25) is 0 Å². The van der Waals surface area contributed by atoms with Gasteiger partial charge < -0.3 is 29.2 Å². The maximum absolute atomic E-state index is 11.3. The summed E-state index contributed by atoms with van der Waals surface area (Å²) in [6, 6.07) is 25.9. The second-order valence-corrected chi connectivity index (χ2v) is 10.4. The van der Waals surface area contributed by atoms with E-state index in [4.69, 9.17) is 18.9 Å². The minimum Gasteiger partial charge on any atom is -0.491 e. The van der Waals surface area contributed by atoms with E-state index in [0.29, 0.717) is 11.5 Å². The van der Waals surface area contributed by atoms with Gasteiger partial charge in [0.05, 0.1) is 5.41 Å². The molecule has 0 bridgehead atoms. The summed E-state index contributed by atoms with van der Waals surface area (Å²) in [5.74, 6) is -0.0840. The zero-order valence-corrected chi connectivity index (χ0v) is 25.0. The standard InChI is InChI=1S/C37H38O8/c1-3-35(40)44-25-31(38)23-42-33-19-15-29(16-20-33)37(27-11-7-5-8-12-27,28-13-9-6-10-14-28)30-17-21-34(22-18-30)43-24-32(39)26-45-36(41)4-2/h3-9,11-13,15-22,31-32,38-39H,1-2,10,14,23-26H2. The summed E-state index contributed by atoms with van der Waals surface area (Å²) >= 11 is 0. The van der Waals surface area contributed by atoms with E-state index in [0.717, 1.165) is 41.7 Å². The molecule has 1 aliphatic rings. The van der Waals surface area contributed by atoms with Crippen molar-refractivity contribution in [3.8, 4) is 11.5 Å². The number of hydrogen-bond acceptors (Lipinski definition) is 8. The number of ether oxygens (including phenoxy) is 4. The molecule has 45 heavy (non-hydrogen) atoms. The van der Waals surface area contributed by atoms with Crippen LogP contribution in [-0.4, -0.2) is 60.8 Å². The molecule has 8 nitrogen and oxygen atoms in total. The van der Waals surface area contributed by atoms with Gasteiger partial charge in [-0.15, -0.1) is 0 Å². The summed E-state index contributed by atoms with van der Waals surface area (Å²) in [5.41, 5.74) is 3.72. The van der Waals surface area contributed by atoms with Crippen LogP contribution in [0.4, 0.5) is 0 Å². The molecule has 2 atom stereocenters. The average molecular weight is 611 g/mol. The lowest BCUT2D eigenvalue weighted by molar-refractivity contribution is -0.142. The summed E-state index contributed by atoms with van der Waals surface area (Å²) in [7, 11) is 0. The molecule has 0 saturated heterocycles. The first-order chi connectivity index (χ1) is 21.9. The molecular formula is C37H38O8. The van der Waals surface area contributed by atoms with E-state index < -0.39 is 29.6 Å². The van der Waals surface area contributed by atoms with Crippen LogP contribution in [0.1, 0.15) is 29.5 Å². The lowest BCUT2D eigenvalue weighted by atomic mass is 9.63. The van der Waals surface area contributed by atoms with E-state index in [1.54, 1.807) is 0 Å². The number of rotatable bonds is 16. The molecule has 3 aromatic carbocycles. The van der Waals surface area contributed by atoms with Crippen molar-refractivity contribution in [3.05, 3.63) is 145 Å². The third-order valence-corrected chi connectivity index (χ3v) is 7.33. The van der Waals surface area contributed by atoms with Crippen molar-refractivity contribution < 1.29 is 38.7 Å². The highest BCUT2D eigenvalue weighted by molar-refractivity contribution is 5.81. The molecule has 0 spiro atoms. The fourth-order valence-electron chi connectivity index (χ4n) is 5.22. The Hall–Kier alpha value is -4.92. The van der Waals surface area contributed by atoms with E-state index in [1.165, 1.54) is 5.57 Å². The summed E-state index contributed by atoms with van der Waals surface area (Å²) in [5, 5.41) is 20.3. The minimum absolute atomic E-state index is 0.0452. The number of allylic oxidation sites excluding steroid dienone is 4. The van der Waals surface area contributed by atoms with Crippen molar-refractivity contribution in [3.63, 3.8) is 0 Å². The third-order valence-electron chi connectivity index (χ3n) is 7.33. The lowest BCUT2D eigenvalue weighted by Crippen LogP contribution is -2.32. The first-order valence-electron chi connectivity index (χ1n) is 14.7. The maximum atomic E-state index is 11.3. The van der Waals surface area contributed by atoms with Gasteiger partial charge in [0.15, 0.2) is 0 Å². The van der Waals surface area contributed by atoms with Gasteiger partial charge in [-0.2, -0.15) is 0 Å². The second kappa shape index (κ2) is 16.2. The molecule has 0 amide bonds. The molecule has 2 unspecified atom stereocenters. The Morgan fingerprint density at radius 2 is 1.18 bits per heavy atom. The number of esters is 2. The van der Waals surface area contributed by atoms with E-state index >= 15 is 0 Å². The van der Waals surface area contributed by atoms with Gasteiger partial charge in [-0.25, -0.2) is 9.59 Å². The van der Waals surface area contributed by atoms with Crippen LogP contribution in [0.25, 0.3) is 0 Å². The van der Waals surface area contributed by atoms with E-state index in [1.807, 2.05) is 66.7 Å². The Morgan fingerprint density at radius 3 is 1.60 bits per heavy atom. The number of carbonyl (C=O) groups excluding carboxylic acids is 2. The monoisotopic (exact) mass is 610 g/mol. The van der Waals surface area contributed by atoms with Gasteiger partial charge in [-0.05, 0) is 53.8 Å². The molecule has 0 aliphatic heterocycles. The van der Waals surface area contributed by atoms with Crippen LogP contribution < -0.4 is 9.47 Å². The van der Waals surface area contributed by atoms with Crippen LogP contribution in [-0.2, 0) is 24.5 Å². The normalized spacial score (nSPS) is 15.0. The van der Waals surface area contributed by atoms with Crippen LogP contribution in [0, 0.1) is 0 Å². The molecule has 1 aliphatic carbocycles. The van der Waals surface area contributed by atoms with Crippen LogP contribution >= 0.6 is 0 Å². The SMILES string of the molecule is C=CC(=O)OCC(O)COc1ccc(C(C2=CC=CCC2)(c2ccccc2)c2ccc(OCC(O)COC(=O)C=C)cc2)cc1. The summed E-state index contributed by atoms with van der Waals surface area (Å²) in [6.07, 6.45) is 8.29. The van der Waals surface area contributed by atoms with Crippen LogP contribution in [0.2, 0.25) is 0 Å². The Balaban J connectivity index is 1.63. The van der Waals surface area contributed by atoms with Gasteiger partial charge in [-0.1, -0.05) is 91.6 Å². The van der Waals surface area contributed by atoms with Crippen molar-refractivity contribution in [2.75, 3.05) is 26.4 Å². The zero-order chi connectivity index (χ0) is 32.1. The predicted molar refractivity (Wildman–Crippen MR) is 171 cm³/mol. The van der Waals surface area contributed by atoms with Gasteiger partial charge in [0, 0.05) is 12.2 Å². The number of aliphatic hydroxyl groups excluding tert-OH is 2. The molecule has 0 radical (unpaired) electrons. The Bertz CT molecular complexity index is 1410. The highest BCUT2D eigenvalue weighted by atomic mass is 16.6. The highest BCUT2D eigenvalue weighted by Crippen LogP contribution is 2.48. The molecule has 234 valence electrons. The first-order valence-corrected chi connectivity index (χ1v) is 14.7. The van der Waals surface area contributed by atoms with Crippen molar-refractivity contribution in [2.24, 2.45) is 0 Å². The van der Waals surface area contributed by atoms with Gasteiger partial charge in [0.25, 0.3) is 0 Å². The second-order valence-electron chi connectivity index (χ2n) is 10.4. The molecule has 0 saturated carbocycles. The van der Waals surface area contributed by atoms with Crippen LogP contribution in [0.5, 0.6) is 11.5 Å². The van der Waals surface area contributed by atoms with E-state index in [-0.39, 0.29) is 26.4 Å². The number of carbonyl (C=O) groups is 2. The first kappa shape index (κ1) is 33.0. The minimum atomic E-state index is -0.986. The number of hydrogen-bond donors (Lipinski definition) is 2. The zero-order valence-electron chi connectivity index (χ0n) is 25.0. The molecule has 3 aromatic rings. The van der Waals surface area contributed by atoms with Crippen molar-refractivity contribution in [1.82, 2.24) is 0 Å². The quantitative estimate of drug-likeness (QED) is 0.129. The maximum Gasteiger partial charge on any atom is 0.330 e. The molecule has 0 heterocycles. The largest absolute Gasteiger partial charge is 0.491 e. The lowest BCUT2D eigenvalue weighted by Gasteiger charge is -2.39. The summed E-state index contributed by atoms with van der Waals surface area (Å²) in [6.45, 7) is 6.21. The Morgan fingerprint density at radius 1 is 0.711 bits per heavy atom. The van der Waals surface area contributed by atoms with Crippen molar-refractivity contribution >= 4 is 11.9 Å². The molecular weight excluding hydrogens is 572 g/mol. The number of aliphatic hydroxyl groups is 2. The van der Waals surface area contributed by atoms with Gasteiger partial charge >= 0.3 is 11.9 Å². The summed E-state index contributed by atoms with van der Waals surface area (Å²) in [4.78, 5) is 22.6. The molecule has 0 aromatic heterocycles. The van der Waals surface area contributed by atoms with Crippen molar-refractivity contribution in [1.29, 1.82) is 0 Å². The van der Waals surface area contributed by atoms with Crippen molar-refractivity contribution in [2.45, 2.75) is 30.5 Å². The fourth-order valence-corrected chi connectivity index (χ4v) is 5.22. The topological polar surface area (TPSA) is 112 Å². The Labute approximate surface area is 263 Å². The highest BCUT2D eigenvalue weighted by Gasteiger charge is 2.40. The molecule has 4 rings (SSSR count). The molecule has 2 N–H and O–H groups in total. The average Bonchev–Trinajstić information content (AvgIpc) is 3.10.